The monoisotopic (exact) mass is 569 g/mol. The smallest absolute Gasteiger partial charge is 0.319 e. The first-order chi connectivity index (χ1) is 17.4. The fraction of sp³-hybridized carbons (Fsp3) is 0.435. The average molecular weight is 570 g/mol. The number of nitrogens with zero attached hydrogens (tertiary/aromatic N) is 5. The summed E-state index contributed by atoms with van der Waals surface area (Å²) < 4.78 is 29.1. The molecule has 2 N–H and O–H groups in total. The van der Waals surface area contributed by atoms with Crippen LogP contribution in [0.3, 0.4) is 0 Å². The fourth-order valence-corrected chi connectivity index (χ4v) is 5.45. The standard InChI is InChI=1S/C23H33N5O6P2S/c1-6-22(3,26-27-24)32-19-12-8-17(9-13-19)16-25-28(5)35(37)23(4,7-2)33-20-14-10-18(11-15-20)21(29)34-36(30)31/h8-16,21,29,35-36H,6-7H2,1-5H3,(H,30,31)/b25-16+. The lowest BCUT2D eigenvalue weighted by atomic mass is 10.2. The van der Waals surface area contributed by atoms with Gasteiger partial charge in [0.15, 0.2) is 12.0 Å². The van der Waals surface area contributed by atoms with E-state index in [1.807, 2.05) is 40.0 Å². The first-order valence-corrected chi connectivity index (χ1v) is 15.3. The normalized spacial score (nSPS) is 17.1. The molecule has 37 heavy (non-hydrogen) atoms. The summed E-state index contributed by atoms with van der Waals surface area (Å²) in [5.74, 6) is 1.12. The highest BCUT2D eigenvalue weighted by molar-refractivity contribution is 8.04. The van der Waals surface area contributed by atoms with Crippen LogP contribution < -0.4 is 9.47 Å². The van der Waals surface area contributed by atoms with Gasteiger partial charge in [0, 0.05) is 17.5 Å². The van der Waals surface area contributed by atoms with Crippen LogP contribution in [0.5, 0.6) is 11.5 Å². The van der Waals surface area contributed by atoms with Crippen LogP contribution in [0, 0.1) is 0 Å². The van der Waals surface area contributed by atoms with Gasteiger partial charge in [-0.15, -0.1) is 0 Å². The van der Waals surface area contributed by atoms with Gasteiger partial charge in [-0.25, -0.2) is 0 Å². The van der Waals surface area contributed by atoms with Crippen molar-refractivity contribution in [1.82, 2.24) is 4.78 Å². The highest BCUT2D eigenvalue weighted by Crippen LogP contribution is 2.45. The molecule has 5 atom stereocenters. The van der Waals surface area contributed by atoms with Gasteiger partial charge in [0.2, 0.25) is 0 Å². The van der Waals surface area contributed by atoms with Gasteiger partial charge >= 0.3 is 8.25 Å². The SMILES string of the molecule is CCC(C)(N=[N+]=[N-])Oc1ccc(/C=N/N(C)[PH](=S)C(C)(CC)Oc2ccc(C(O)O[PH](=O)O)cc2)cc1. The molecule has 0 aliphatic heterocycles. The first kappa shape index (κ1) is 30.8. The summed E-state index contributed by atoms with van der Waals surface area (Å²) in [6, 6.07) is 13.7. The molecule has 2 aromatic rings. The molecule has 0 saturated heterocycles. The maximum absolute atomic E-state index is 10.8. The summed E-state index contributed by atoms with van der Waals surface area (Å²) in [6.45, 7) is 5.80. The van der Waals surface area contributed by atoms with Crippen LogP contribution in [0.25, 0.3) is 10.4 Å². The Hall–Kier alpha value is -2.42. The van der Waals surface area contributed by atoms with Gasteiger partial charge in [0.05, 0.1) is 13.1 Å². The minimum atomic E-state index is -3.26. The maximum Gasteiger partial charge on any atom is 0.319 e. The molecule has 0 aliphatic carbocycles. The fourth-order valence-electron chi connectivity index (χ4n) is 3.07. The topological polar surface area (TPSA) is 150 Å². The number of azide groups is 1. The molecule has 0 fully saturated rings. The molecule has 2 rings (SSSR count). The number of hydrogen-bond donors (Lipinski definition) is 2. The molecular weight excluding hydrogens is 536 g/mol. The number of ether oxygens (including phenoxy) is 2. The van der Waals surface area contributed by atoms with E-state index in [9.17, 15) is 9.67 Å². The summed E-state index contributed by atoms with van der Waals surface area (Å²) in [5.41, 5.74) is 8.96. The van der Waals surface area contributed by atoms with E-state index in [1.165, 1.54) is 0 Å². The van der Waals surface area contributed by atoms with Gasteiger partial charge in [-0.2, -0.15) is 5.10 Å². The molecule has 0 aromatic heterocycles. The van der Waals surface area contributed by atoms with Crippen molar-refractivity contribution in [2.75, 3.05) is 7.05 Å². The minimum Gasteiger partial charge on any atom is -0.481 e. The molecule has 202 valence electrons. The zero-order valence-electron chi connectivity index (χ0n) is 21.4. The van der Waals surface area contributed by atoms with Crippen molar-refractivity contribution in [3.63, 3.8) is 0 Å². The summed E-state index contributed by atoms with van der Waals surface area (Å²) in [5, 5.41) is 17.4. The molecule has 5 unspecified atom stereocenters. The van der Waals surface area contributed by atoms with Gasteiger partial charge in [0.25, 0.3) is 0 Å². The van der Waals surface area contributed by atoms with E-state index >= 15 is 0 Å². The molecule has 0 heterocycles. The molecular formula is C23H33N5O6P2S. The van der Waals surface area contributed by atoms with E-state index in [2.05, 4.69) is 19.7 Å². The van der Waals surface area contributed by atoms with Crippen LogP contribution in [-0.2, 0) is 20.9 Å². The summed E-state index contributed by atoms with van der Waals surface area (Å²) >= 11 is 5.85. The van der Waals surface area contributed by atoms with E-state index in [0.717, 1.165) is 5.56 Å². The number of hydrazone groups is 1. The third-order valence-electron chi connectivity index (χ3n) is 5.65. The number of rotatable bonds is 14. The predicted molar refractivity (Wildman–Crippen MR) is 149 cm³/mol. The lowest BCUT2D eigenvalue weighted by molar-refractivity contribution is -0.0207. The van der Waals surface area contributed by atoms with Crippen LogP contribution in [0.1, 0.15) is 58.0 Å². The van der Waals surface area contributed by atoms with E-state index in [1.54, 1.807) is 54.3 Å². The Morgan fingerprint density at radius 2 is 1.68 bits per heavy atom. The summed E-state index contributed by atoms with van der Waals surface area (Å²) in [7, 11) is -1.45. The number of benzene rings is 2. The zero-order valence-corrected chi connectivity index (χ0v) is 24.2. The highest BCUT2D eigenvalue weighted by atomic mass is 32.4. The van der Waals surface area contributed by atoms with Crippen molar-refractivity contribution in [1.29, 1.82) is 0 Å². The van der Waals surface area contributed by atoms with Gasteiger partial charge in [-0.05, 0) is 79.3 Å². The quantitative estimate of drug-likeness (QED) is 0.0539. The Labute approximate surface area is 223 Å². The van der Waals surface area contributed by atoms with E-state index < -0.39 is 32.5 Å². The Morgan fingerprint density at radius 3 is 2.19 bits per heavy atom. The molecule has 0 aliphatic rings. The van der Waals surface area contributed by atoms with Crippen LogP contribution >= 0.6 is 15.1 Å². The van der Waals surface area contributed by atoms with E-state index in [4.69, 9.17) is 31.7 Å². The van der Waals surface area contributed by atoms with Crippen molar-refractivity contribution in [2.24, 2.45) is 10.2 Å². The van der Waals surface area contributed by atoms with Crippen molar-refractivity contribution in [3.8, 4) is 11.5 Å². The van der Waals surface area contributed by atoms with Gasteiger partial charge in [0.1, 0.15) is 16.8 Å². The van der Waals surface area contributed by atoms with Gasteiger partial charge < -0.3 is 19.5 Å². The first-order valence-electron chi connectivity index (χ1n) is 11.5. The maximum atomic E-state index is 10.8. The Kier molecular flexibility index (Phi) is 11.6. The van der Waals surface area contributed by atoms with E-state index in [-0.39, 0.29) is 0 Å². The molecule has 2 aromatic carbocycles. The lowest BCUT2D eigenvalue weighted by Crippen LogP contribution is -2.30. The molecule has 0 amide bonds. The van der Waals surface area contributed by atoms with Crippen molar-refractivity contribution >= 4 is 33.1 Å². The van der Waals surface area contributed by atoms with Gasteiger partial charge in [-0.3, -0.25) is 13.9 Å². The zero-order chi connectivity index (χ0) is 27.6. The van der Waals surface area contributed by atoms with Crippen LogP contribution in [0.15, 0.2) is 58.7 Å². The molecule has 0 saturated carbocycles. The Balaban J connectivity index is 2.06. The largest absolute Gasteiger partial charge is 0.481 e. The van der Waals surface area contributed by atoms with Gasteiger partial charge in [-0.1, -0.05) is 37.8 Å². The number of aliphatic hydroxyl groups excluding tert-OH is 1. The molecule has 0 radical (unpaired) electrons. The Morgan fingerprint density at radius 1 is 1.11 bits per heavy atom. The molecule has 11 nitrogen and oxygen atoms in total. The molecule has 14 heteroatoms. The third-order valence-corrected chi connectivity index (χ3v) is 10.2. The highest BCUT2D eigenvalue weighted by Gasteiger charge is 2.31. The predicted octanol–water partition coefficient (Wildman–Crippen LogP) is 5.95. The van der Waals surface area contributed by atoms with Crippen LogP contribution in [0.4, 0.5) is 0 Å². The number of aliphatic hydroxyl groups is 1. The summed E-state index contributed by atoms with van der Waals surface area (Å²) in [6.07, 6.45) is 1.37. The second-order valence-electron chi connectivity index (χ2n) is 8.45. The van der Waals surface area contributed by atoms with E-state index in [0.29, 0.717) is 29.9 Å². The second-order valence-corrected chi connectivity index (χ2v) is 12.7. The Bertz CT molecular complexity index is 1160. The lowest BCUT2D eigenvalue weighted by Gasteiger charge is -2.34. The minimum absolute atomic E-state index is 0.331. The second kappa shape index (κ2) is 13.9. The average Bonchev–Trinajstić information content (AvgIpc) is 2.87. The number of hydrogen-bond acceptors (Lipinski definition) is 8. The van der Waals surface area contributed by atoms with Crippen molar-refractivity contribution in [2.45, 2.75) is 57.9 Å². The van der Waals surface area contributed by atoms with Crippen molar-refractivity contribution < 1.29 is 28.6 Å². The third kappa shape index (κ3) is 9.13. The van der Waals surface area contributed by atoms with Crippen LogP contribution in [0.2, 0.25) is 0 Å². The molecule has 0 bridgehead atoms. The van der Waals surface area contributed by atoms with Crippen LogP contribution in [-0.4, -0.2) is 39.1 Å². The molecule has 0 spiro atoms. The summed E-state index contributed by atoms with van der Waals surface area (Å²) in [4.78, 5) is 11.7. The van der Waals surface area contributed by atoms with Crippen molar-refractivity contribution in [3.05, 3.63) is 70.1 Å².